The summed E-state index contributed by atoms with van der Waals surface area (Å²) in [6, 6.07) is 12.8. The number of aliphatic hydroxyl groups is 1. The number of carboxylic acids is 1. The highest BCUT2D eigenvalue weighted by molar-refractivity contribution is 6.46. The molecule has 0 spiro atoms. The van der Waals surface area contributed by atoms with Crippen molar-refractivity contribution in [2.45, 2.75) is 18.9 Å². The van der Waals surface area contributed by atoms with Gasteiger partial charge < -0.3 is 20.0 Å². The number of hydrogen-bond donors (Lipinski definition) is 2. The lowest BCUT2D eigenvalue weighted by atomic mass is 9.95. The van der Waals surface area contributed by atoms with Gasteiger partial charge in [-0.25, -0.2) is 0 Å². The number of ketones is 1. The second-order valence-corrected chi connectivity index (χ2v) is 7.92. The van der Waals surface area contributed by atoms with Crippen LogP contribution in [0.3, 0.4) is 0 Å². The van der Waals surface area contributed by atoms with Crippen LogP contribution in [-0.4, -0.2) is 53.4 Å². The Morgan fingerprint density at radius 1 is 1.03 bits per heavy atom. The smallest absolute Gasteiger partial charge is 0.303 e. The Morgan fingerprint density at radius 2 is 1.65 bits per heavy atom. The van der Waals surface area contributed by atoms with E-state index in [4.69, 9.17) is 16.7 Å². The predicted molar refractivity (Wildman–Crippen MR) is 118 cm³/mol. The summed E-state index contributed by atoms with van der Waals surface area (Å²) in [5, 5.41) is 20.4. The van der Waals surface area contributed by atoms with Crippen LogP contribution in [-0.2, 0) is 14.4 Å². The Bertz CT molecular complexity index is 1030. The lowest BCUT2D eigenvalue weighted by molar-refractivity contribution is -0.140. The topological polar surface area (TPSA) is 98.2 Å². The molecule has 1 aliphatic rings. The minimum atomic E-state index is -0.982. The molecule has 2 aromatic carbocycles. The zero-order valence-electron chi connectivity index (χ0n) is 17.2. The van der Waals surface area contributed by atoms with Crippen molar-refractivity contribution in [2.24, 2.45) is 0 Å². The lowest BCUT2D eigenvalue weighted by Crippen LogP contribution is -2.31. The summed E-state index contributed by atoms with van der Waals surface area (Å²) in [6.45, 7) is 0.0777. The maximum Gasteiger partial charge on any atom is 0.303 e. The van der Waals surface area contributed by atoms with E-state index in [1.54, 1.807) is 36.4 Å². The average Bonchev–Trinajstić information content (AvgIpc) is 2.98. The van der Waals surface area contributed by atoms with Gasteiger partial charge in [0.25, 0.3) is 11.7 Å². The number of carbonyl (C=O) groups excluding carboxylic acids is 2. The van der Waals surface area contributed by atoms with Crippen LogP contribution in [0.1, 0.15) is 30.0 Å². The van der Waals surface area contributed by atoms with Crippen molar-refractivity contribution >= 4 is 40.7 Å². The number of aliphatic hydroxyl groups excluding tert-OH is 1. The van der Waals surface area contributed by atoms with E-state index in [1.807, 2.05) is 31.1 Å². The van der Waals surface area contributed by atoms with Crippen molar-refractivity contribution in [3.8, 4) is 0 Å². The molecular formula is C23H23ClN2O5. The van der Waals surface area contributed by atoms with Gasteiger partial charge in [-0.05, 0) is 48.4 Å². The number of anilines is 1. The number of halogens is 1. The molecule has 0 unspecified atom stereocenters. The van der Waals surface area contributed by atoms with Crippen LogP contribution in [0.5, 0.6) is 0 Å². The van der Waals surface area contributed by atoms with E-state index in [0.29, 0.717) is 16.1 Å². The van der Waals surface area contributed by atoms with E-state index in [2.05, 4.69) is 0 Å². The van der Waals surface area contributed by atoms with Crippen molar-refractivity contribution in [1.82, 2.24) is 4.90 Å². The Morgan fingerprint density at radius 3 is 2.19 bits per heavy atom. The number of rotatable bonds is 7. The molecule has 2 N–H and O–H groups in total. The highest BCUT2D eigenvalue weighted by Gasteiger charge is 2.45. The monoisotopic (exact) mass is 442 g/mol. The molecule has 0 saturated carbocycles. The normalized spacial score (nSPS) is 17.8. The van der Waals surface area contributed by atoms with Gasteiger partial charge >= 0.3 is 5.97 Å². The van der Waals surface area contributed by atoms with Crippen molar-refractivity contribution in [1.29, 1.82) is 0 Å². The number of carbonyl (C=O) groups is 3. The average molecular weight is 443 g/mol. The maximum absolute atomic E-state index is 12.9. The fourth-order valence-electron chi connectivity index (χ4n) is 3.58. The maximum atomic E-state index is 12.9. The fourth-order valence-corrected chi connectivity index (χ4v) is 3.70. The second kappa shape index (κ2) is 9.22. The standard InChI is InChI=1S/C23H23ClN2O5/c1-25(2)17-11-7-14(8-12-17)20-19(21(29)15-5-9-16(24)10-6-15)22(30)23(31)26(20)13-3-4-18(27)28/h5-12,20,29H,3-4,13H2,1-2H3,(H,27,28)/t20-/m0/s1. The van der Waals surface area contributed by atoms with Crippen LogP contribution < -0.4 is 4.90 Å². The molecule has 1 amide bonds. The molecule has 1 heterocycles. The number of carboxylic acid groups (broad SMARTS) is 1. The van der Waals surface area contributed by atoms with Gasteiger partial charge in [0.15, 0.2) is 0 Å². The first-order chi connectivity index (χ1) is 14.7. The van der Waals surface area contributed by atoms with Crippen LogP contribution >= 0.6 is 11.6 Å². The number of nitrogens with zero attached hydrogens (tertiary/aromatic N) is 2. The molecule has 2 aromatic rings. The molecule has 0 aromatic heterocycles. The van der Waals surface area contributed by atoms with Crippen LogP contribution in [0, 0.1) is 0 Å². The van der Waals surface area contributed by atoms with Gasteiger partial charge in [-0.1, -0.05) is 23.7 Å². The number of hydrogen-bond acceptors (Lipinski definition) is 5. The molecule has 1 fully saturated rings. The third kappa shape index (κ3) is 4.72. The molecule has 1 atom stereocenters. The van der Waals surface area contributed by atoms with Crippen LogP contribution in [0.4, 0.5) is 5.69 Å². The summed E-state index contributed by atoms with van der Waals surface area (Å²) < 4.78 is 0. The molecular weight excluding hydrogens is 420 g/mol. The van der Waals surface area contributed by atoms with Gasteiger partial charge in [-0.15, -0.1) is 0 Å². The number of amides is 1. The van der Waals surface area contributed by atoms with E-state index in [0.717, 1.165) is 5.69 Å². The molecule has 7 nitrogen and oxygen atoms in total. The van der Waals surface area contributed by atoms with Gasteiger partial charge in [0, 0.05) is 43.3 Å². The number of Topliss-reactive ketones (excluding diaryl/α,β-unsaturated/α-hetero) is 1. The summed E-state index contributed by atoms with van der Waals surface area (Å²) in [5.74, 6) is -2.84. The first-order valence-electron chi connectivity index (χ1n) is 9.74. The third-order valence-corrected chi connectivity index (χ3v) is 5.42. The molecule has 1 saturated heterocycles. The summed E-state index contributed by atoms with van der Waals surface area (Å²) in [5.41, 5.74) is 1.92. The van der Waals surface area contributed by atoms with Crippen LogP contribution in [0.2, 0.25) is 5.02 Å². The summed E-state index contributed by atoms with van der Waals surface area (Å²) in [4.78, 5) is 39.9. The Kier molecular flexibility index (Phi) is 6.65. The Labute approximate surface area is 185 Å². The zero-order chi connectivity index (χ0) is 22.7. The minimum Gasteiger partial charge on any atom is -0.507 e. The first-order valence-corrected chi connectivity index (χ1v) is 10.1. The molecule has 8 heteroatoms. The predicted octanol–water partition coefficient (Wildman–Crippen LogP) is 3.69. The molecule has 31 heavy (non-hydrogen) atoms. The summed E-state index contributed by atoms with van der Waals surface area (Å²) in [6.07, 6.45) is 0.0576. The fraction of sp³-hybridized carbons (Fsp3) is 0.261. The van der Waals surface area contributed by atoms with E-state index in [9.17, 15) is 19.5 Å². The first kappa shape index (κ1) is 22.4. The third-order valence-electron chi connectivity index (χ3n) is 5.17. The van der Waals surface area contributed by atoms with Gasteiger partial charge in [-0.3, -0.25) is 14.4 Å². The summed E-state index contributed by atoms with van der Waals surface area (Å²) in [7, 11) is 3.79. The van der Waals surface area contributed by atoms with E-state index >= 15 is 0 Å². The van der Waals surface area contributed by atoms with Gasteiger partial charge in [0.2, 0.25) is 0 Å². The van der Waals surface area contributed by atoms with Crippen molar-refractivity contribution in [2.75, 3.05) is 25.5 Å². The van der Waals surface area contributed by atoms with Crippen molar-refractivity contribution in [3.63, 3.8) is 0 Å². The lowest BCUT2D eigenvalue weighted by Gasteiger charge is -2.25. The number of likely N-dealkylation sites (tertiary alicyclic amines) is 1. The molecule has 1 aliphatic heterocycles. The molecule has 0 bridgehead atoms. The largest absolute Gasteiger partial charge is 0.507 e. The van der Waals surface area contributed by atoms with E-state index in [1.165, 1.54) is 4.90 Å². The number of benzene rings is 2. The van der Waals surface area contributed by atoms with Crippen molar-refractivity contribution in [3.05, 3.63) is 70.3 Å². The molecule has 0 aliphatic carbocycles. The van der Waals surface area contributed by atoms with Crippen LogP contribution in [0.15, 0.2) is 54.1 Å². The highest BCUT2D eigenvalue weighted by atomic mass is 35.5. The summed E-state index contributed by atoms with van der Waals surface area (Å²) >= 11 is 5.92. The van der Waals surface area contributed by atoms with E-state index < -0.39 is 23.7 Å². The zero-order valence-corrected chi connectivity index (χ0v) is 18.0. The molecule has 3 rings (SSSR count). The Balaban J connectivity index is 2.09. The van der Waals surface area contributed by atoms with Gasteiger partial charge in [-0.2, -0.15) is 0 Å². The molecule has 0 radical (unpaired) electrons. The van der Waals surface area contributed by atoms with Gasteiger partial charge in [0.1, 0.15) is 5.76 Å². The highest BCUT2D eigenvalue weighted by Crippen LogP contribution is 2.40. The Hall–Kier alpha value is -3.32. The second-order valence-electron chi connectivity index (χ2n) is 7.48. The minimum absolute atomic E-state index is 0.0275. The van der Waals surface area contributed by atoms with E-state index in [-0.39, 0.29) is 30.7 Å². The van der Waals surface area contributed by atoms with Crippen LogP contribution in [0.25, 0.3) is 5.76 Å². The molecule has 162 valence electrons. The SMILES string of the molecule is CN(C)c1ccc([C@H]2C(=C(O)c3ccc(Cl)cc3)C(=O)C(=O)N2CCCC(=O)O)cc1. The number of aliphatic carboxylic acids is 1. The van der Waals surface area contributed by atoms with Gasteiger partial charge in [0.05, 0.1) is 11.6 Å². The van der Waals surface area contributed by atoms with Crippen molar-refractivity contribution < 1.29 is 24.6 Å². The quantitative estimate of drug-likeness (QED) is 0.385.